The van der Waals surface area contributed by atoms with Gasteiger partial charge in [-0.25, -0.2) is 0 Å². The minimum atomic E-state index is 0.255. The van der Waals surface area contributed by atoms with Crippen molar-refractivity contribution in [1.29, 1.82) is 0 Å². The molecule has 0 aliphatic rings. The van der Waals surface area contributed by atoms with Crippen LogP contribution in [0.4, 0.5) is 0 Å². The summed E-state index contributed by atoms with van der Waals surface area (Å²) in [7, 11) is 0. The summed E-state index contributed by atoms with van der Waals surface area (Å²) >= 11 is 3.31. The zero-order valence-electron chi connectivity index (χ0n) is 8.68. The zero-order valence-corrected chi connectivity index (χ0v) is 10.3. The Bertz CT molecular complexity index is 473. The van der Waals surface area contributed by atoms with Crippen molar-refractivity contribution >= 4 is 15.9 Å². The van der Waals surface area contributed by atoms with Crippen molar-refractivity contribution in [2.75, 3.05) is 0 Å². The van der Waals surface area contributed by atoms with Crippen LogP contribution in [-0.2, 0) is 13.0 Å². The number of aromatic nitrogens is 3. The minimum Gasteiger partial charge on any atom is -0.482 e. The van der Waals surface area contributed by atoms with Gasteiger partial charge in [-0.2, -0.15) is 0 Å². The third kappa shape index (κ3) is 2.79. The maximum absolute atomic E-state index is 5.44. The maximum Gasteiger partial charge on any atom is 0.253 e. The van der Waals surface area contributed by atoms with Crippen LogP contribution < -0.4 is 4.74 Å². The van der Waals surface area contributed by atoms with Crippen LogP contribution in [0.25, 0.3) is 0 Å². The van der Waals surface area contributed by atoms with Crippen molar-refractivity contribution in [2.24, 2.45) is 0 Å². The molecule has 0 spiro atoms. The summed E-state index contributed by atoms with van der Waals surface area (Å²) in [6.45, 7) is 2.21. The lowest BCUT2D eigenvalue weighted by molar-refractivity contribution is 0.258. The van der Waals surface area contributed by atoms with Crippen LogP contribution >= 0.6 is 15.9 Å². The highest BCUT2D eigenvalue weighted by atomic mass is 79.9. The van der Waals surface area contributed by atoms with Gasteiger partial charge in [-0.15, -0.1) is 10.2 Å². The van der Waals surface area contributed by atoms with Gasteiger partial charge in [-0.05, 0) is 22.0 Å². The molecule has 2 heterocycles. The van der Waals surface area contributed by atoms with Gasteiger partial charge in [0, 0.05) is 17.1 Å². The third-order valence-electron chi connectivity index (χ3n) is 1.85. The first-order chi connectivity index (χ1) is 7.78. The number of pyridine rings is 1. The quantitative estimate of drug-likeness (QED) is 0.862. The molecule has 0 atom stereocenters. The summed E-state index contributed by atoms with van der Waals surface area (Å²) in [5, 5.41) is 7.69. The van der Waals surface area contributed by atoms with E-state index < -0.39 is 0 Å². The smallest absolute Gasteiger partial charge is 0.253 e. The van der Waals surface area contributed by atoms with E-state index in [0.29, 0.717) is 17.5 Å². The molecule has 0 unspecified atom stereocenters. The standard InChI is InChI=1S/C10H10BrN3O2/c1-2-9-13-14-10(16-9)6-15-8-3-7(11)4-12-5-8/h3-5H,2,6H2,1H3. The number of ether oxygens (including phenoxy) is 1. The van der Waals surface area contributed by atoms with E-state index in [1.807, 2.05) is 13.0 Å². The number of rotatable bonds is 4. The van der Waals surface area contributed by atoms with Gasteiger partial charge in [0.05, 0.1) is 6.20 Å². The first-order valence-electron chi connectivity index (χ1n) is 4.82. The van der Waals surface area contributed by atoms with E-state index in [9.17, 15) is 0 Å². The van der Waals surface area contributed by atoms with Crippen molar-refractivity contribution < 1.29 is 9.15 Å². The van der Waals surface area contributed by atoms with E-state index in [0.717, 1.165) is 10.9 Å². The lowest BCUT2D eigenvalue weighted by Gasteiger charge is -2.02. The van der Waals surface area contributed by atoms with E-state index in [1.165, 1.54) is 0 Å². The molecule has 0 saturated carbocycles. The number of nitrogens with zero attached hydrogens (tertiary/aromatic N) is 3. The van der Waals surface area contributed by atoms with E-state index in [1.54, 1.807) is 12.4 Å². The van der Waals surface area contributed by atoms with Crippen molar-refractivity contribution in [3.8, 4) is 5.75 Å². The topological polar surface area (TPSA) is 61.0 Å². The Kier molecular flexibility index (Phi) is 3.51. The van der Waals surface area contributed by atoms with Gasteiger partial charge in [-0.1, -0.05) is 6.92 Å². The molecule has 0 radical (unpaired) electrons. The number of hydrogen-bond donors (Lipinski definition) is 0. The molecule has 0 saturated heterocycles. The van der Waals surface area contributed by atoms with E-state index >= 15 is 0 Å². The molecule has 0 fully saturated rings. The molecule has 6 heteroatoms. The summed E-state index contributed by atoms with van der Waals surface area (Å²) in [5.41, 5.74) is 0. The van der Waals surface area contributed by atoms with Gasteiger partial charge in [0.1, 0.15) is 5.75 Å². The molecule has 2 aromatic heterocycles. The Morgan fingerprint density at radius 1 is 1.31 bits per heavy atom. The highest BCUT2D eigenvalue weighted by Crippen LogP contribution is 2.16. The lowest BCUT2D eigenvalue weighted by atomic mass is 10.5. The maximum atomic E-state index is 5.44. The zero-order chi connectivity index (χ0) is 11.4. The molecule has 0 amide bonds. The largest absolute Gasteiger partial charge is 0.482 e. The molecule has 84 valence electrons. The molecule has 5 nitrogen and oxygen atoms in total. The molecule has 0 N–H and O–H groups in total. The van der Waals surface area contributed by atoms with Gasteiger partial charge in [0.25, 0.3) is 5.89 Å². The van der Waals surface area contributed by atoms with Gasteiger partial charge in [0.2, 0.25) is 5.89 Å². The van der Waals surface area contributed by atoms with Gasteiger partial charge in [-0.3, -0.25) is 4.98 Å². The van der Waals surface area contributed by atoms with Crippen LogP contribution in [0.2, 0.25) is 0 Å². The first kappa shape index (κ1) is 11.1. The molecule has 0 aromatic carbocycles. The predicted molar refractivity (Wildman–Crippen MR) is 59.9 cm³/mol. The Labute approximate surface area is 101 Å². The fourth-order valence-corrected chi connectivity index (χ4v) is 1.45. The number of halogens is 1. The van der Waals surface area contributed by atoms with Crippen LogP contribution in [0, 0.1) is 0 Å². The van der Waals surface area contributed by atoms with Gasteiger partial charge >= 0.3 is 0 Å². The molecule has 0 aliphatic heterocycles. The summed E-state index contributed by atoms with van der Waals surface area (Å²) in [5.74, 6) is 1.74. The summed E-state index contributed by atoms with van der Waals surface area (Å²) < 4.78 is 11.6. The van der Waals surface area contributed by atoms with Gasteiger partial charge in [0.15, 0.2) is 6.61 Å². The van der Waals surface area contributed by atoms with E-state index in [-0.39, 0.29) is 6.61 Å². The molecular formula is C10H10BrN3O2. The first-order valence-corrected chi connectivity index (χ1v) is 5.62. The average molecular weight is 284 g/mol. The Balaban J connectivity index is 1.96. The van der Waals surface area contributed by atoms with Crippen molar-refractivity contribution in [1.82, 2.24) is 15.2 Å². The molecule has 16 heavy (non-hydrogen) atoms. The second-order valence-corrected chi connectivity index (χ2v) is 3.99. The highest BCUT2D eigenvalue weighted by Gasteiger charge is 2.05. The normalized spacial score (nSPS) is 10.4. The van der Waals surface area contributed by atoms with Crippen LogP contribution in [0.15, 0.2) is 27.3 Å². The van der Waals surface area contributed by atoms with E-state index in [2.05, 4.69) is 31.1 Å². The van der Waals surface area contributed by atoms with Gasteiger partial charge < -0.3 is 9.15 Å². The van der Waals surface area contributed by atoms with Crippen molar-refractivity contribution in [3.63, 3.8) is 0 Å². The summed E-state index contributed by atoms with van der Waals surface area (Å²) in [6, 6.07) is 1.82. The van der Waals surface area contributed by atoms with E-state index in [4.69, 9.17) is 9.15 Å². The fourth-order valence-electron chi connectivity index (χ4n) is 1.11. The molecule has 2 aromatic rings. The lowest BCUT2D eigenvalue weighted by Crippen LogP contribution is -1.96. The van der Waals surface area contributed by atoms with Crippen LogP contribution in [0.5, 0.6) is 5.75 Å². The van der Waals surface area contributed by atoms with Crippen LogP contribution in [0.3, 0.4) is 0 Å². The summed E-state index contributed by atoms with van der Waals surface area (Å²) in [4.78, 5) is 3.98. The van der Waals surface area contributed by atoms with Crippen molar-refractivity contribution in [2.45, 2.75) is 20.0 Å². The molecule has 0 bridgehead atoms. The minimum absolute atomic E-state index is 0.255. The highest BCUT2D eigenvalue weighted by molar-refractivity contribution is 9.10. The number of hydrogen-bond acceptors (Lipinski definition) is 5. The Morgan fingerprint density at radius 3 is 2.81 bits per heavy atom. The molecule has 2 rings (SSSR count). The van der Waals surface area contributed by atoms with Crippen LogP contribution in [-0.4, -0.2) is 15.2 Å². The predicted octanol–water partition coefficient (Wildman–Crippen LogP) is 2.37. The second kappa shape index (κ2) is 5.07. The third-order valence-corrected chi connectivity index (χ3v) is 2.29. The average Bonchev–Trinajstić information content (AvgIpc) is 2.74. The van der Waals surface area contributed by atoms with Crippen LogP contribution in [0.1, 0.15) is 18.7 Å². The van der Waals surface area contributed by atoms with Crippen molar-refractivity contribution in [3.05, 3.63) is 34.7 Å². The fraction of sp³-hybridized carbons (Fsp3) is 0.300. The second-order valence-electron chi connectivity index (χ2n) is 3.07. The molecule has 0 aliphatic carbocycles. The monoisotopic (exact) mass is 283 g/mol. The SMILES string of the molecule is CCc1nnc(COc2cncc(Br)c2)o1. The Hall–Kier alpha value is -1.43. The summed E-state index contributed by atoms with van der Waals surface area (Å²) in [6.07, 6.45) is 4.04. The Morgan fingerprint density at radius 2 is 2.12 bits per heavy atom. The number of aryl methyl sites for hydroxylation is 1. The molecular weight excluding hydrogens is 274 g/mol.